The van der Waals surface area contributed by atoms with Crippen molar-refractivity contribution < 1.29 is 9.47 Å². The fraction of sp³-hybridized carbons (Fsp3) is 0.417. The van der Waals surface area contributed by atoms with E-state index in [0.717, 1.165) is 17.2 Å². The van der Waals surface area contributed by atoms with Crippen LogP contribution in [0.15, 0.2) is 23.2 Å². The summed E-state index contributed by atoms with van der Waals surface area (Å²) in [5.74, 6) is 1.82. The number of nitrogens with two attached hydrogens (primary N) is 1. The number of anilines is 1. The standard InChI is InChI=1S/C12H19N3O2/c1-4-16-9-6-7-11(17-5-2)10(8-9)15-12(13)14-3/h6-8H,4-5H2,1-3H3,(H3,13,14,15). The zero-order chi connectivity index (χ0) is 12.7. The van der Waals surface area contributed by atoms with E-state index < -0.39 is 0 Å². The number of ether oxygens (including phenoxy) is 2. The molecule has 1 aromatic carbocycles. The van der Waals surface area contributed by atoms with E-state index in [2.05, 4.69) is 10.3 Å². The Bertz CT molecular complexity index is 391. The van der Waals surface area contributed by atoms with Gasteiger partial charge in [0.25, 0.3) is 0 Å². The van der Waals surface area contributed by atoms with Crippen LogP contribution in [0.25, 0.3) is 0 Å². The highest BCUT2D eigenvalue weighted by molar-refractivity contribution is 5.93. The van der Waals surface area contributed by atoms with E-state index >= 15 is 0 Å². The SMILES string of the molecule is CCOc1ccc(OCC)c(NC(N)=NC)c1. The number of guanidine groups is 1. The number of rotatable bonds is 5. The second-order valence-corrected chi connectivity index (χ2v) is 3.26. The Labute approximate surface area is 102 Å². The first-order valence-electron chi connectivity index (χ1n) is 5.60. The van der Waals surface area contributed by atoms with Crippen LogP contribution in [0, 0.1) is 0 Å². The van der Waals surface area contributed by atoms with Crippen LogP contribution < -0.4 is 20.5 Å². The molecule has 0 saturated carbocycles. The molecule has 0 aromatic heterocycles. The van der Waals surface area contributed by atoms with Gasteiger partial charge >= 0.3 is 0 Å². The Morgan fingerprint density at radius 3 is 2.59 bits per heavy atom. The number of benzene rings is 1. The Hall–Kier alpha value is -1.91. The molecule has 0 unspecified atom stereocenters. The minimum absolute atomic E-state index is 0.333. The van der Waals surface area contributed by atoms with Gasteiger partial charge in [0.05, 0.1) is 18.9 Å². The molecule has 1 rings (SSSR count). The molecule has 0 bridgehead atoms. The normalized spacial score (nSPS) is 11.1. The second kappa shape index (κ2) is 6.62. The summed E-state index contributed by atoms with van der Waals surface area (Å²) in [5, 5.41) is 2.97. The number of aliphatic imine (C=N–C) groups is 1. The predicted molar refractivity (Wildman–Crippen MR) is 69.9 cm³/mol. The minimum Gasteiger partial charge on any atom is -0.494 e. The summed E-state index contributed by atoms with van der Waals surface area (Å²) in [6, 6.07) is 5.55. The molecule has 0 aliphatic heterocycles. The Morgan fingerprint density at radius 1 is 1.29 bits per heavy atom. The van der Waals surface area contributed by atoms with Crippen LogP contribution in [0.4, 0.5) is 5.69 Å². The molecule has 0 spiro atoms. The molecule has 0 amide bonds. The third-order valence-corrected chi connectivity index (χ3v) is 2.07. The van der Waals surface area contributed by atoms with Crippen molar-refractivity contribution in [2.45, 2.75) is 13.8 Å². The monoisotopic (exact) mass is 237 g/mol. The average molecular weight is 237 g/mol. The number of nitrogens with zero attached hydrogens (tertiary/aromatic N) is 1. The van der Waals surface area contributed by atoms with E-state index in [-0.39, 0.29) is 0 Å². The van der Waals surface area contributed by atoms with Crippen LogP contribution in [0.3, 0.4) is 0 Å². The van der Waals surface area contributed by atoms with Crippen LogP contribution >= 0.6 is 0 Å². The lowest BCUT2D eigenvalue weighted by molar-refractivity contribution is 0.332. The third-order valence-electron chi connectivity index (χ3n) is 2.07. The lowest BCUT2D eigenvalue weighted by atomic mass is 10.2. The fourth-order valence-corrected chi connectivity index (χ4v) is 1.34. The van der Waals surface area contributed by atoms with Crippen LogP contribution in [0.2, 0.25) is 0 Å². The van der Waals surface area contributed by atoms with E-state index in [1.54, 1.807) is 7.05 Å². The Kier molecular flexibility index (Phi) is 5.13. The fourth-order valence-electron chi connectivity index (χ4n) is 1.34. The molecule has 94 valence electrons. The van der Waals surface area contributed by atoms with Crippen molar-refractivity contribution in [3.05, 3.63) is 18.2 Å². The first-order chi connectivity index (χ1) is 8.21. The van der Waals surface area contributed by atoms with Crippen molar-refractivity contribution >= 4 is 11.6 Å². The number of hydrogen-bond acceptors (Lipinski definition) is 3. The van der Waals surface area contributed by atoms with Gasteiger partial charge in [0, 0.05) is 13.1 Å². The van der Waals surface area contributed by atoms with Gasteiger partial charge in [-0.25, -0.2) is 0 Å². The molecule has 3 N–H and O–H groups in total. The van der Waals surface area contributed by atoms with Crippen LogP contribution in [0.5, 0.6) is 11.5 Å². The van der Waals surface area contributed by atoms with Crippen molar-refractivity contribution in [1.82, 2.24) is 0 Å². The molecule has 0 saturated heterocycles. The van der Waals surface area contributed by atoms with E-state index in [9.17, 15) is 0 Å². The maximum absolute atomic E-state index is 5.64. The van der Waals surface area contributed by atoms with Crippen molar-refractivity contribution in [1.29, 1.82) is 0 Å². The van der Waals surface area contributed by atoms with Gasteiger partial charge in [0.1, 0.15) is 11.5 Å². The summed E-state index contributed by atoms with van der Waals surface area (Å²) < 4.78 is 10.9. The quantitative estimate of drug-likeness (QED) is 0.605. The first-order valence-corrected chi connectivity index (χ1v) is 5.60. The lowest BCUT2D eigenvalue weighted by Gasteiger charge is -2.13. The number of hydrogen-bond donors (Lipinski definition) is 2. The summed E-state index contributed by atoms with van der Waals surface area (Å²) in [7, 11) is 1.62. The van der Waals surface area contributed by atoms with Crippen LogP contribution in [-0.4, -0.2) is 26.2 Å². The summed E-state index contributed by atoms with van der Waals surface area (Å²) in [4.78, 5) is 3.85. The van der Waals surface area contributed by atoms with E-state index in [4.69, 9.17) is 15.2 Å². The molecule has 1 aromatic rings. The molecule has 0 heterocycles. The maximum Gasteiger partial charge on any atom is 0.192 e. The Balaban J connectivity index is 2.97. The molecule has 0 radical (unpaired) electrons. The topological polar surface area (TPSA) is 68.9 Å². The average Bonchev–Trinajstić information content (AvgIpc) is 2.33. The second-order valence-electron chi connectivity index (χ2n) is 3.26. The third kappa shape index (κ3) is 3.86. The van der Waals surface area contributed by atoms with Crippen molar-refractivity contribution in [2.24, 2.45) is 10.7 Å². The summed E-state index contributed by atoms with van der Waals surface area (Å²) in [6.45, 7) is 5.07. The molecule has 0 fully saturated rings. The van der Waals surface area contributed by atoms with Gasteiger partial charge in [-0.3, -0.25) is 4.99 Å². The van der Waals surface area contributed by atoms with Gasteiger partial charge in [0.15, 0.2) is 5.96 Å². The van der Waals surface area contributed by atoms with Crippen molar-refractivity contribution in [3.63, 3.8) is 0 Å². The maximum atomic E-state index is 5.64. The Morgan fingerprint density at radius 2 is 2.00 bits per heavy atom. The van der Waals surface area contributed by atoms with Gasteiger partial charge in [-0.05, 0) is 26.0 Å². The zero-order valence-corrected chi connectivity index (χ0v) is 10.5. The van der Waals surface area contributed by atoms with E-state index in [0.29, 0.717) is 19.2 Å². The molecule has 5 nitrogen and oxygen atoms in total. The van der Waals surface area contributed by atoms with E-state index in [1.165, 1.54) is 0 Å². The molecule has 17 heavy (non-hydrogen) atoms. The predicted octanol–water partition coefficient (Wildman–Crippen LogP) is 1.84. The smallest absolute Gasteiger partial charge is 0.192 e. The van der Waals surface area contributed by atoms with Gasteiger partial charge in [-0.2, -0.15) is 0 Å². The highest BCUT2D eigenvalue weighted by Crippen LogP contribution is 2.29. The van der Waals surface area contributed by atoms with Crippen molar-refractivity contribution in [3.8, 4) is 11.5 Å². The summed E-state index contributed by atoms with van der Waals surface area (Å²) in [5.41, 5.74) is 6.39. The van der Waals surface area contributed by atoms with Crippen LogP contribution in [-0.2, 0) is 0 Å². The van der Waals surface area contributed by atoms with Gasteiger partial charge in [-0.15, -0.1) is 0 Å². The van der Waals surface area contributed by atoms with Crippen LogP contribution in [0.1, 0.15) is 13.8 Å². The molecule has 0 aliphatic carbocycles. The van der Waals surface area contributed by atoms with Crippen molar-refractivity contribution in [2.75, 3.05) is 25.6 Å². The lowest BCUT2D eigenvalue weighted by Crippen LogP contribution is -2.22. The molecular formula is C12H19N3O2. The largest absolute Gasteiger partial charge is 0.494 e. The highest BCUT2D eigenvalue weighted by Gasteiger charge is 2.06. The molecular weight excluding hydrogens is 218 g/mol. The molecule has 0 atom stereocenters. The molecule has 0 aliphatic rings. The minimum atomic E-state index is 0.333. The van der Waals surface area contributed by atoms with Gasteiger partial charge < -0.3 is 20.5 Å². The van der Waals surface area contributed by atoms with E-state index in [1.807, 2.05) is 32.0 Å². The van der Waals surface area contributed by atoms with Gasteiger partial charge in [-0.1, -0.05) is 0 Å². The number of nitrogens with one attached hydrogen (secondary N) is 1. The summed E-state index contributed by atoms with van der Waals surface area (Å²) in [6.07, 6.45) is 0. The summed E-state index contributed by atoms with van der Waals surface area (Å²) >= 11 is 0. The first kappa shape index (κ1) is 13.2. The molecule has 5 heteroatoms. The van der Waals surface area contributed by atoms with Gasteiger partial charge in [0.2, 0.25) is 0 Å². The highest BCUT2D eigenvalue weighted by atomic mass is 16.5. The zero-order valence-electron chi connectivity index (χ0n) is 10.5.